The molecule has 0 saturated carbocycles. The third kappa shape index (κ3) is 2.24. The molecule has 1 aromatic heterocycles. The van der Waals surface area contributed by atoms with Gasteiger partial charge in [-0.3, -0.25) is 0 Å². The van der Waals surface area contributed by atoms with Crippen molar-refractivity contribution < 1.29 is 0 Å². The highest BCUT2D eigenvalue weighted by Crippen LogP contribution is 2.14. The molecule has 0 bridgehead atoms. The van der Waals surface area contributed by atoms with Crippen LogP contribution in [0.5, 0.6) is 0 Å². The molecule has 0 fully saturated rings. The van der Waals surface area contributed by atoms with Crippen LogP contribution in [0.15, 0.2) is 10.8 Å². The van der Waals surface area contributed by atoms with Crippen LogP contribution in [0, 0.1) is 0 Å². The van der Waals surface area contributed by atoms with Crippen LogP contribution in [0.4, 0.5) is 5.95 Å². The molecule has 0 aromatic carbocycles. The van der Waals surface area contributed by atoms with Gasteiger partial charge < -0.3 is 9.88 Å². The molecule has 68 valence electrons. The van der Waals surface area contributed by atoms with Gasteiger partial charge in [0.1, 0.15) is 4.60 Å². The van der Waals surface area contributed by atoms with E-state index >= 15 is 0 Å². The molecule has 1 heterocycles. The lowest BCUT2D eigenvalue weighted by atomic mass is 10.4. The number of aryl methyl sites for hydroxylation is 1. The maximum Gasteiger partial charge on any atom is 0.204 e. The number of nitrogens with one attached hydrogen (secondary N) is 1. The molecular weight excluding hydrogens is 218 g/mol. The van der Waals surface area contributed by atoms with E-state index in [2.05, 4.69) is 51.6 Å². The van der Waals surface area contributed by atoms with Gasteiger partial charge in [-0.25, -0.2) is 4.98 Å². The van der Waals surface area contributed by atoms with Crippen molar-refractivity contribution >= 4 is 21.9 Å². The van der Waals surface area contributed by atoms with E-state index in [-0.39, 0.29) is 0 Å². The van der Waals surface area contributed by atoms with Crippen LogP contribution in [0.1, 0.15) is 20.8 Å². The van der Waals surface area contributed by atoms with Crippen LogP contribution in [-0.2, 0) is 6.54 Å². The van der Waals surface area contributed by atoms with Gasteiger partial charge in [-0.15, -0.1) is 0 Å². The molecule has 0 amide bonds. The molecule has 0 aliphatic heterocycles. The maximum atomic E-state index is 4.29. The number of imidazole rings is 1. The second-order valence-corrected chi connectivity index (χ2v) is 3.78. The van der Waals surface area contributed by atoms with Crippen LogP contribution in [-0.4, -0.2) is 15.6 Å². The smallest absolute Gasteiger partial charge is 0.204 e. The van der Waals surface area contributed by atoms with Gasteiger partial charge in [0.15, 0.2) is 0 Å². The van der Waals surface area contributed by atoms with Crippen LogP contribution >= 0.6 is 15.9 Å². The number of nitrogens with zero attached hydrogens (tertiary/aromatic N) is 2. The normalized spacial score (nSPS) is 10.8. The average molecular weight is 232 g/mol. The molecule has 0 spiro atoms. The predicted octanol–water partition coefficient (Wildman–Crippen LogP) is 2.49. The fourth-order valence-electron chi connectivity index (χ4n) is 0.998. The largest absolute Gasteiger partial charge is 0.353 e. The van der Waals surface area contributed by atoms with Gasteiger partial charge in [-0.05, 0) is 36.7 Å². The molecule has 0 aliphatic carbocycles. The summed E-state index contributed by atoms with van der Waals surface area (Å²) in [6.45, 7) is 7.23. The van der Waals surface area contributed by atoms with E-state index in [0.29, 0.717) is 6.04 Å². The molecule has 0 saturated heterocycles. The fraction of sp³-hybridized carbons (Fsp3) is 0.625. The third-order valence-electron chi connectivity index (χ3n) is 1.51. The van der Waals surface area contributed by atoms with Gasteiger partial charge in [0.05, 0.1) is 0 Å². The van der Waals surface area contributed by atoms with Crippen molar-refractivity contribution in [3.8, 4) is 0 Å². The Balaban J connectivity index is 2.81. The van der Waals surface area contributed by atoms with E-state index in [9.17, 15) is 0 Å². The number of aromatic nitrogens is 2. The molecule has 12 heavy (non-hydrogen) atoms. The van der Waals surface area contributed by atoms with E-state index in [0.717, 1.165) is 17.1 Å². The van der Waals surface area contributed by atoms with Crippen molar-refractivity contribution in [2.75, 3.05) is 5.32 Å². The zero-order chi connectivity index (χ0) is 9.14. The molecule has 3 nitrogen and oxygen atoms in total. The Bertz CT molecular complexity index is 255. The summed E-state index contributed by atoms with van der Waals surface area (Å²) in [7, 11) is 0. The third-order valence-corrected chi connectivity index (χ3v) is 1.89. The molecule has 1 N–H and O–H groups in total. The van der Waals surface area contributed by atoms with Crippen LogP contribution < -0.4 is 5.32 Å². The second kappa shape index (κ2) is 3.94. The minimum Gasteiger partial charge on any atom is -0.353 e. The molecule has 1 aromatic rings. The number of halogens is 1. The molecule has 0 atom stereocenters. The minimum absolute atomic E-state index is 0.421. The summed E-state index contributed by atoms with van der Waals surface area (Å²) >= 11 is 3.34. The Labute approximate surface area is 81.3 Å². The number of anilines is 1. The molecule has 0 radical (unpaired) electrons. The highest BCUT2D eigenvalue weighted by Gasteiger charge is 2.04. The Hall–Kier alpha value is -0.510. The lowest BCUT2D eigenvalue weighted by molar-refractivity contribution is 0.747. The Morgan fingerprint density at radius 3 is 2.83 bits per heavy atom. The first kappa shape index (κ1) is 9.58. The van der Waals surface area contributed by atoms with E-state index in [1.54, 1.807) is 0 Å². The molecule has 0 aliphatic rings. The average Bonchev–Trinajstić information content (AvgIpc) is 2.29. The van der Waals surface area contributed by atoms with Gasteiger partial charge in [-0.1, -0.05) is 0 Å². The van der Waals surface area contributed by atoms with E-state index in [1.165, 1.54) is 0 Å². The summed E-state index contributed by atoms with van der Waals surface area (Å²) in [4.78, 5) is 4.29. The summed E-state index contributed by atoms with van der Waals surface area (Å²) in [5.74, 6) is 0.930. The topological polar surface area (TPSA) is 29.9 Å². The molecule has 4 heteroatoms. The Kier molecular flexibility index (Phi) is 3.14. The molecule has 0 unspecified atom stereocenters. The summed E-state index contributed by atoms with van der Waals surface area (Å²) in [5.41, 5.74) is 0. The van der Waals surface area contributed by atoms with E-state index < -0.39 is 0 Å². The first-order valence-electron chi connectivity index (χ1n) is 4.12. The first-order chi connectivity index (χ1) is 5.63. The van der Waals surface area contributed by atoms with Gasteiger partial charge in [0, 0.05) is 18.8 Å². The minimum atomic E-state index is 0.421. The Morgan fingerprint density at radius 1 is 1.67 bits per heavy atom. The number of hydrogen-bond donors (Lipinski definition) is 1. The van der Waals surface area contributed by atoms with Crippen LogP contribution in [0.2, 0.25) is 0 Å². The van der Waals surface area contributed by atoms with E-state index in [1.807, 2.05) is 6.20 Å². The standard InChI is InChI=1S/C8H14BrN3/c1-4-12-5-7(9)11-8(12)10-6(2)3/h5-6H,4H2,1-3H3,(H,10,11). The van der Waals surface area contributed by atoms with Crippen molar-refractivity contribution in [1.82, 2.24) is 9.55 Å². The Morgan fingerprint density at radius 2 is 2.33 bits per heavy atom. The zero-order valence-corrected chi connectivity index (χ0v) is 9.22. The van der Waals surface area contributed by atoms with E-state index in [4.69, 9.17) is 0 Å². The van der Waals surface area contributed by atoms with Crippen molar-refractivity contribution in [2.45, 2.75) is 33.4 Å². The van der Waals surface area contributed by atoms with Crippen molar-refractivity contribution in [2.24, 2.45) is 0 Å². The van der Waals surface area contributed by atoms with Gasteiger partial charge in [-0.2, -0.15) is 0 Å². The maximum absolute atomic E-state index is 4.29. The number of rotatable bonds is 3. The van der Waals surface area contributed by atoms with Crippen LogP contribution in [0.25, 0.3) is 0 Å². The SMILES string of the molecule is CCn1cc(Br)nc1NC(C)C. The monoisotopic (exact) mass is 231 g/mol. The zero-order valence-electron chi connectivity index (χ0n) is 7.63. The summed E-state index contributed by atoms with van der Waals surface area (Å²) in [6.07, 6.45) is 1.98. The van der Waals surface area contributed by atoms with Gasteiger partial charge in [0.2, 0.25) is 5.95 Å². The summed E-state index contributed by atoms with van der Waals surface area (Å²) < 4.78 is 2.96. The van der Waals surface area contributed by atoms with Crippen LogP contribution in [0.3, 0.4) is 0 Å². The number of hydrogen-bond acceptors (Lipinski definition) is 2. The van der Waals surface area contributed by atoms with Gasteiger partial charge in [0.25, 0.3) is 0 Å². The highest BCUT2D eigenvalue weighted by atomic mass is 79.9. The fourth-order valence-corrected chi connectivity index (χ4v) is 1.41. The summed E-state index contributed by atoms with van der Waals surface area (Å²) in [6, 6.07) is 0.421. The van der Waals surface area contributed by atoms with Crippen molar-refractivity contribution in [3.63, 3.8) is 0 Å². The van der Waals surface area contributed by atoms with Gasteiger partial charge >= 0.3 is 0 Å². The van der Waals surface area contributed by atoms with Crippen molar-refractivity contribution in [3.05, 3.63) is 10.8 Å². The predicted molar refractivity (Wildman–Crippen MR) is 54.4 cm³/mol. The lowest BCUT2D eigenvalue weighted by Gasteiger charge is -2.09. The highest BCUT2D eigenvalue weighted by molar-refractivity contribution is 9.10. The van der Waals surface area contributed by atoms with Crippen molar-refractivity contribution in [1.29, 1.82) is 0 Å². The lowest BCUT2D eigenvalue weighted by Crippen LogP contribution is -2.14. The molecule has 1 rings (SSSR count). The molecular formula is C8H14BrN3. The quantitative estimate of drug-likeness (QED) is 0.867. The second-order valence-electron chi connectivity index (χ2n) is 2.97. The first-order valence-corrected chi connectivity index (χ1v) is 4.92. The summed E-state index contributed by atoms with van der Waals surface area (Å²) in [5, 5.41) is 3.27.